The van der Waals surface area contributed by atoms with Gasteiger partial charge in [0.25, 0.3) is 0 Å². The number of carbonyl (C=O) groups is 1. The van der Waals surface area contributed by atoms with Crippen LogP contribution in [-0.2, 0) is 6.54 Å². The molecule has 0 unspecified atom stereocenters. The van der Waals surface area contributed by atoms with Crippen molar-refractivity contribution >= 4 is 5.97 Å². The fourth-order valence-corrected chi connectivity index (χ4v) is 2.39. The van der Waals surface area contributed by atoms with Crippen LogP contribution in [0.5, 0.6) is 0 Å². The van der Waals surface area contributed by atoms with E-state index in [1.165, 1.54) is 6.20 Å². The Hall–Kier alpha value is -2.28. The minimum absolute atomic E-state index is 0.0472. The lowest BCUT2D eigenvalue weighted by Gasteiger charge is -2.38. The number of rotatable bonds is 4. The van der Waals surface area contributed by atoms with E-state index in [1.807, 2.05) is 6.07 Å². The van der Waals surface area contributed by atoms with Crippen molar-refractivity contribution in [2.75, 3.05) is 13.1 Å². The molecule has 0 bridgehead atoms. The van der Waals surface area contributed by atoms with Crippen molar-refractivity contribution in [3.05, 3.63) is 47.0 Å². The van der Waals surface area contributed by atoms with E-state index in [0.29, 0.717) is 12.1 Å². The van der Waals surface area contributed by atoms with Crippen LogP contribution in [0.15, 0.2) is 24.4 Å². The van der Waals surface area contributed by atoms with Crippen LogP contribution >= 0.6 is 0 Å². The van der Waals surface area contributed by atoms with Gasteiger partial charge in [-0.05, 0) is 24.1 Å². The van der Waals surface area contributed by atoms with Crippen molar-refractivity contribution in [3.8, 4) is 0 Å². The minimum Gasteiger partial charge on any atom is -0.476 e. The van der Waals surface area contributed by atoms with Crippen LogP contribution in [0.3, 0.4) is 0 Å². The van der Waals surface area contributed by atoms with Gasteiger partial charge in [0.2, 0.25) is 0 Å². The van der Waals surface area contributed by atoms with Gasteiger partial charge in [-0.1, -0.05) is 17.3 Å². The Morgan fingerprint density at radius 1 is 1.48 bits per heavy atom. The van der Waals surface area contributed by atoms with E-state index in [2.05, 4.69) is 15.2 Å². The van der Waals surface area contributed by atoms with E-state index in [-0.39, 0.29) is 17.6 Å². The first-order valence-electron chi connectivity index (χ1n) is 6.65. The molecule has 0 atom stereocenters. The number of hydrogen-bond acceptors (Lipinski definition) is 4. The average Bonchev–Trinajstić information content (AvgIpc) is 2.87. The highest BCUT2D eigenvalue weighted by atomic mass is 19.1. The second kappa shape index (κ2) is 5.25. The number of benzene rings is 1. The lowest BCUT2D eigenvalue weighted by atomic mass is 10.1. The molecule has 0 amide bonds. The molecule has 0 spiro atoms. The van der Waals surface area contributed by atoms with Gasteiger partial charge in [-0.15, -0.1) is 5.10 Å². The summed E-state index contributed by atoms with van der Waals surface area (Å²) in [6, 6.07) is 5.38. The first-order valence-corrected chi connectivity index (χ1v) is 6.65. The lowest BCUT2D eigenvalue weighted by molar-refractivity contribution is 0.0690. The monoisotopic (exact) mass is 290 g/mol. The van der Waals surface area contributed by atoms with Crippen molar-refractivity contribution in [3.63, 3.8) is 0 Å². The van der Waals surface area contributed by atoms with E-state index in [1.54, 1.807) is 23.7 Å². The lowest BCUT2D eigenvalue weighted by Crippen LogP contribution is -2.47. The molecule has 110 valence electrons. The van der Waals surface area contributed by atoms with Crippen molar-refractivity contribution in [2.45, 2.75) is 19.5 Å². The molecule has 0 aliphatic carbocycles. The molecule has 0 saturated carbocycles. The summed E-state index contributed by atoms with van der Waals surface area (Å²) >= 11 is 0. The van der Waals surface area contributed by atoms with Gasteiger partial charge < -0.3 is 5.11 Å². The molecule has 1 N–H and O–H groups in total. The molecule has 1 saturated heterocycles. The van der Waals surface area contributed by atoms with Crippen LogP contribution in [0.1, 0.15) is 27.7 Å². The van der Waals surface area contributed by atoms with Gasteiger partial charge in [-0.3, -0.25) is 4.90 Å². The van der Waals surface area contributed by atoms with Gasteiger partial charge in [-0.25, -0.2) is 13.9 Å². The average molecular weight is 290 g/mol. The van der Waals surface area contributed by atoms with Crippen LogP contribution in [0.25, 0.3) is 0 Å². The summed E-state index contributed by atoms with van der Waals surface area (Å²) in [5, 5.41) is 16.2. The maximum atomic E-state index is 13.5. The molecule has 3 rings (SSSR count). The van der Waals surface area contributed by atoms with Crippen LogP contribution in [-0.4, -0.2) is 44.1 Å². The Morgan fingerprint density at radius 3 is 2.86 bits per heavy atom. The molecule has 1 fully saturated rings. The molecule has 6 nitrogen and oxygen atoms in total. The molecule has 1 aliphatic rings. The summed E-state index contributed by atoms with van der Waals surface area (Å²) in [5.74, 6) is -1.26. The third-order valence-corrected chi connectivity index (χ3v) is 3.68. The van der Waals surface area contributed by atoms with Crippen molar-refractivity contribution < 1.29 is 14.3 Å². The normalized spacial score (nSPS) is 15.9. The third-order valence-electron chi connectivity index (χ3n) is 3.68. The van der Waals surface area contributed by atoms with Crippen molar-refractivity contribution in [2.24, 2.45) is 0 Å². The van der Waals surface area contributed by atoms with Crippen LogP contribution in [0.4, 0.5) is 4.39 Å². The largest absolute Gasteiger partial charge is 0.476 e. The number of likely N-dealkylation sites (tertiary alicyclic amines) is 1. The first-order chi connectivity index (χ1) is 10.0. The molecule has 1 aromatic carbocycles. The highest BCUT2D eigenvalue weighted by molar-refractivity contribution is 5.84. The number of carboxylic acid groups (broad SMARTS) is 1. The van der Waals surface area contributed by atoms with E-state index in [0.717, 1.165) is 18.7 Å². The fraction of sp³-hybridized carbons (Fsp3) is 0.357. The molecule has 0 radical (unpaired) electrons. The summed E-state index contributed by atoms with van der Waals surface area (Å²) in [6.07, 6.45) is 1.44. The number of aromatic nitrogens is 3. The summed E-state index contributed by atoms with van der Waals surface area (Å²) in [6.45, 7) is 3.91. The maximum absolute atomic E-state index is 13.5. The number of aryl methyl sites for hydroxylation is 1. The zero-order valence-electron chi connectivity index (χ0n) is 11.5. The van der Waals surface area contributed by atoms with Gasteiger partial charge in [0.1, 0.15) is 5.82 Å². The quantitative estimate of drug-likeness (QED) is 0.923. The summed E-state index contributed by atoms with van der Waals surface area (Å²) in [7, 11) is 0. The van der Waals surface area contributed by atoms with Gasteiger partial charge >= 0.3 is 5.97 Å². The van der Waals surface area contributed by atoms with Crippen molar-refractivity contribution in [1.29, 1.82) is 0 Å². The smallest absolute Gasteiger partial charge is 0.358 e. The number of nitrogens with zero attached hydrogens (tertiary/aromatic N) is 4. The molecule has 2 aromatic rings. The summed E-state index contributed by atoms with van der Waals surface area (Å²) < 4.78 is 15.1. The zero-order chi connectivity index (χ0) is 15.0. The standard InChI is InChI=1S/C14H15FN4O2/c1-9-2-3-10(4-12(9)15)5-18-6-11(7-18)19-8-13(14(20)21)16-17-19/h2-4,8,11H,5-7H2,1H3,(H,20,21). The van der Waals surface area contributed by atoms with Gasteiger partial charge in [0.15, 0.2) is 5.69 Å². The number of carboxylic acids is 1. The Balaban J connectivity index is 1.57. The van der Waals surface area contributed by atoms with E-state index in [9.17, 15) is 9.18 Å². The van der Waals surface area contributed by atoms with Crippen LogP contribution in [0.2, 0.25) is 0 Å². The highest BCUT2D eigenvalue weighted by Crippen LogP contribution is 2.23. The molecule has 21 heavy (non-hydrogen) atoms. The first kappa shape index (κ1) is 13.7. The van der Waals surface area contributed by atoms with Crippen LogP contribution < -0.4 is 0 Å². The molecule has 1 aromatic heterocycles. The highest BCUT2D eigenvalue weighted by Gasteiger charge is 2.29. The Bertz CT molecular complexity index is 679. The predicted octanol–water partition coefficient (Wildman–Crippen LogP) is 1.48. The molecular formula is C14H15FN4O2. The second-order valence-corrected chi connectivity index (χ2v) is 5.32. The molecule has 2 heterocycles. The summed E-state index contributed by atoms with van der Waals surface area (Å²) in [5.41, 5.74) is 1.53. The summed E-state index contributed by atoms with van der Waals surface area (Å²) in [4.78, 5) is 12.9. The second-order valence-electron chi connectivity index (χ2n) is 5.32. The predicted molar refractivity (Wildman–Crippen MR) is 72.4 cm³/mol. The topological polar surface area (TPSA) is 71.2 Å². The fourth-order valence-electron chi connectivity index (χ4n) is 2.39. The number of aromatic carboxylic acids is 1. The van der Waals surface area contributed by atoms with Gasteiger partial charge in [0.05, 0.1) is 12.2 Å². The van der Waals surface area contributed by atoms with Crippen molar-refractivity contribution in [1.82, 2.24) is 19.9 Å². The Labute approximate surface area is 120 Å². The SMILES string of the molecule is Cc1ccc(CN2CC(n3cc(C(=O)O)nn3)C2)cc1F. The molecular weight excluding hydrogens is 275 g/mol. The maximum Gasteiger partial charge on any atom is 0.358 e. The Kier molecular flexibility index (Phi) is 3.42. The Morgan fingerprint density at radius 2 is 2.24 bits per heavy atom. The molecule has 1 aliphatic heterocycles. The van der Waals surface area contributed by atoms with E-state index in [4.69, 9.17) is 5.11 Å². The minimum atomic E-state index is -1.08. The van der Waals surface area contributed by atoms with E-state index < -0.39 is 5.97 Å². The van der Waals surface area contributed by atoms with E-state index >= 15 is 0 Å². The molecule has 7 heteroatoms. The number of halogens is 1. The third kappa shape index (κ3) is 2.78. The number of hydrogen-bond donors (Lipinski definition) is 1. The van der Waals surface area contributed by atoms with Crippen LogP contribution in [0, 0.1) is 12.7 Å². The zero-order valence-corrected chi connectivity index (χ0v) is 11.5. The van der Waals surface area contributed by atoms with Gasteiger partial charge in [-0.2, -0.15) is 0 Å². The van der Waals surface area contributed by atoms with Gasteiger partial charge in [0, 0.05) is 19.6 Å².